The molecule has 1 aliphatic heterocycles. The highest BCUT2D eigenvalue weighted by Gasteiger charge is 2.24. The van der Waals surface area contributed by atoms with Crippen LogP contribution in [0.2, 0.25) is 5.02 Å². The minimum absolute atomic E-state index is 0.288. The number of amides is 1. The van der Waals surface area contributed by atoms with Crippen molar-refractivity contribution in [3.63, 3.8) is 0 Å². The second-order valence-corrected chi connectivity index (χ2v) is 6.34. The number of nitro groups is 2. The number of nitrogens with one attached hydrogen (secondary N) is 1. The van der Waals surface area contributed by atoms with Gasteiger partial charge in [0.1, 0.15) is 5.56 Å². The highest BCUT2D eigenvalue weighted by atomic mass is 35.5. The maximum atomic E-state index is 12.5. The van der Waals surface area contributed by atoms with E-state index in [2.05, 4.69) is 10.2 Å². The Balaban J connectivity index is 1.82. The maximum Gasteiger partial charge on any atom is 0.289 e. The second kappa shape index (κ2) is 8.19. The number of nitro benzene ring substituents is 2. The molecule has 0 aliphatic carbocycles. The van der Waals surface area contributed by atoms with Crippen molar-refractivity contribution in [2.24, 2.45) is 0 Å². The van der Waals surface area contributed by atoms with E-state index in [9.17, 15) is 25.0 Å². The van der Waals surface area contributed by atoms with Crippen LogP contribution in [0.5, 0.6) is 0 Å². The molecule has 1 fully saturated rings. The summed E-state index contributed by atoms with van der Waals surface area (Å²) in [7, 11) is 0. The quantitative estimate of drug-likeness (QED) is 0.596. The fraction of sp³-hybridized carbons (Fsp3) is 0.235. The Labute approximate surface area is 164 Å². The first-order valence-corrected chi connectivity index (χ1v) is 8.61. The van der Waals surface area contributed by atoms with E-state index in [1.165, 1.54) is 0 Å². The van der Waals surface area contributed by atoms with Crippen LogP contribution in [0, 0.1) is 20.2 Å². The summed E-state index contributed by atoms with van der Waals surface area (Å²) in [5, 5.41) is 24.9. The van der Waals surface area contributed by atoms with E-state index in [-0.39, 0.29) is 5.56 Å². The van der Waals surface area contributed by atoms with Crippen molar-refractivity contribution in [3.8, 4) is 0 Å². The van der Waals surface area contributed by atoms with Gasteiger partial charge >= 0.3 is 0 Å². The summed E-state index contributed by atoms with van der Waals surface area (Å²) in [4.78, 5) is 34.9. The molecule has 1 saturated heterocycles. The number of carbonyl (C=O) groups is 1. The lowest BCUT2D eigenvalue weighted by Crippen LogP contribution is -2.36. The zero-order valence-electron chi connectivity index (χ0n) is 14.5. The van der Waals surface area contributed by atoms with Crippen molar-refractivity contribution in [1.29, 1.82) is 0 Å². The van der Waals surface area contributed by atoms with Crippen LogP contribution in [0.1, 0.15) is 10.4 Å². The molecule has 11 heteroatoms. The first-order chi connectivity index (χ1) is 13.4. The van der Waals surface area contributed by atoms with Gasteiger partial charge in [-0.25, -0.2) is 0 Å². The van der Waals surface area contributed by atoms with E-state index in [0.717, 1.165) is 23.9 Å². The molecule has 1 amide bonds. The molecule has 0 bridgehead atoms. The average Bonchev–Trinajstić information content (AvgIpc) is 2.68. The van der Waals surface area contributed by atoms with Gasteiger partial charge < -0.3 is 15.0 Å². The Bertz CT molecular complexity index is 945. The molecule has 10 nitrogen and oxygen atoms in total. The summed E-state index contributed by atoms with van der Waals surface area (Å²) in [5.74, 6) is -0.767. The summed E-state index contributed by atoms with van der Waals surface area (Å²) < 4.78 is 5.30. The lowest BCUT2D eigenvalue weighted by atomic mass is 10.1. The van der Waals surface area contributed by atoms with Crippen molar-refractivity contribution in [1.82, 2.24) is 0 Å². The first kappa shape index (κ1) is 19.5. The van der Waals surface area contributed by atoms with Crippen LogP contribution in [0.3, 0.4) is 0 Å². The standard InChI is InChI=1S/C17H15ClN4O6/c18-14-9-11(1-4-15(14)20-5-7-28-8-6-20)19-17(23)13-3-2-12(21(24)25)10-16(13)22(26)27/h1-4,9-10H,5-8H2,(H,19,23). The van der Waals surface area contributed by atoms with Gasteiger partial charge in [0.05, 0.1) is 39.8 Å². The molecule has 0 saturated carbocycles. The van der Waals surface area contributed by atoms with Gasteiger partial charge in [-0.2, -0.15) is 0 Å². The molecule has 2 aromatic carbocycles. The third-order valence-electron chi connectivity index (χ3n) is 4.19. The molecular formula is C17H15ClN4O6. The number of hydrogen-bond acceptors (Lipinski definition) is 7. The van der Waals surface area contributed by atoms with Gasteiger partial charge in [-0.1, -0.05) is 11.6 Å². The number of nitrogens with zero attached hydrogens (tertiary/aromatic N) is 3. The van der Waals surface area contributed by atoms with Crippen LogP contribution in [0.25, 0.3) is 0 Å². The molecule has 1 aliphatic rings. The average molecular weight is 407 g/mol. The molecule has 1 N–H and O–H groups in total. The van der Waals surface area contributed by atoms with Crippen LogP contribution in [-0.2, 0) is 4.74 Å². The van der Waals surface area contributed by atoms with Gasteiger partial charge in [0.25, 0.3) is 17.3 Å². The number of benzene rings is 2. The number of halogens is 1. The topological polar surface area (TPSA) is 128 Å². The minimum Gasteiger partial charge on any atom is -0.378 e. The molecule has 146 valence electrons. The Morgan fingerprint density at radius 1 is 1.07 bits per heavy atom. The van der Waals surface area contributed by atoms with Gasteiger partial charge in [-0.3, -0.25) is 25.0 Å². The number of morpholine rings is 1. The Morgan fingerprint density at radius 2 is 1.79 bits per heavy atom. The minimum atomic E-state index is -0.837. The predicted molar refractivity (Wildman–Crippen MR) is 102 cm³/mol. The van der Waals surface area contributed by atoms with E-state index < -0.39 is 27.1 Å². The fourth-order valence-corrected chi connectivity index (χ4v) is 3.12. The monoisotopic (exact) mass is 406 g/mol. The molecule has 0 radical (unpaired) electrons. The van der Waals surface area contributed by atoms with E-state index in [0.29, 0.717) is 37.0 Å². The third-order valence-corrected chi connectivity index (χ3v) is 4.49. The summed E-state index contributed by atoms with van der Waals surface area (Å²) in [6.45, 7) is 2.58. The number of ether oxygens (including phenoxy) is 1. The van der Waals surface area contributed by atoms with Gasteiger partial charge in [-0.15, -0.1) is 0 Å². The molecular weight excluding hydrogens is 392 g/mol. The Hall–Kier alpha value is -3.24. The van der Waals surface area contributed by atoms with Crippen molar-refractivity contribution >= 4 is 40.3 Å². The largest absolute Gasteiger partial charge is 0.378 e. The van der Waals surface area contributed by atoms with E-state index >= 15 is 0 Å². The SMILES string of the molecule is O=C(Nc1ccc(N2CCOCC2)c(Cl)c1)c1ccc([N+](=O)[O-])cc1[N+](=O)[O-]. The normalized spacial score (nSPS) is 13.8. The van der Waals surface area contributed by atoms with E-state index in [1.54, 1.807) is 18.2 Å². The lowest BCUT2D eigenvalue weighted by molar-refractivity contribution is -0.394. The van der Waals surface area contributed by atoms with E-state index in [4.69, 9.17) is 16.3 Å². The van der Waals surface area contributed by atoms with Gasteiger partial charge in [0.15, 0.2) is 0 Å². The number of carbonyl (C=O) groups excluding carboxylic acids is 1. The smallest absolute Gasteiger partial charge is 0.289 e. The number of rotatable bonds is 5. The van der Waals surface area contributed by atoms with Crippen LogP contribution in [0.4, 0.5) is 22.7 Å². The van der Waals surface area contributed by atoms with Crippen LogP contribution in [-0.4, -0.2) is 42.1 Å². The zero-order valence-corrected chi connectivity index (χ0v) is 15.2. The van der Waals surface area contributed by atoms with Crippen molar-refractivity contribution in [3.05, 3.63) is 67.2 Å². The maximum absolute atomic E-state index is 12.5. The molecule has 1 heterocycles. The summed E-state index contributed by atoms with van der Waals surface area (Å²) in [6, 6.07) is 7.76. The number of non-ortho nitro benzene ring substituents is 1. The van der Waals surface area contributed by atoms with Gasteiger partial charge in [0, 0.05) is 24.8 Å². The highest BCUT2D eigenvalue weighted by molar-refractivity contribution is 6.33. The summed E-state index contributed by atoms with van der Waals surface area (Å²) in [6.07, 6.45) is 0. The van der Waals surface area contributed by atoms with Crippen LogP contribution >= 0.6 is 11.6 Å². The number of anilines is 2. The summed E-state index contributed by atoms with van der Waals surface area (Å²) >= 11 is 6.31. The van der Waals surface area contributed by atoms with Crippen LogP contribution < -0.4 is 10.2 Å². The van der Waals surface area contributed by atoms with Crippen molar-refractivity contribution in [2.75, 3.05) is 36.5 Å². The fourth-order valence-electron chi connectivity index (χ4n) is 2.82. The Morgan fingerprint density at radius 3 is 2.39 bits per heavy atom. The van der Waals surface area contributed by atoms with Gasteiger partial charge in [-0.05, 0) is 24.3 Å². The predicted octanol–water partition coefficient (Wildman–Crippen LogP) is 3.25. The molecule has 3 rings (SSSR count). The Kier molecular flexibility index (Phi) is 5.71. The van der Waals surface area contributed by atoms with Crippen molar-refractivity contribution < 1.29 is 19.4 Å². The number of hydrogen-bond donors (Lipinski definition) is 1. The lowest BCUT2D eigenvalue weighted by Gasteiger charge is -2.29. The second-order valence-electron chi connectivity index (χ2n) is 5.94. The van der Waals surface area contributed by atoms with Crippen molar-refractivity contribution in [2.45, 2.75) is 0 Å². The molecule has 0 unspecified atom stereocenters. The zero-order chi connectivity index (χ0) is 20.3. The molecule has 2 aromatic rings. The molecule has 0 spiro atoms. The molecule has 28 heavy (non-hydrogen) atoms. The highest BCUT2D eigenvalue weighted by Crippen LogP contribution is 2.30. The van der Waals surface area contributed by atoms with E-state index in [1.807, 2.05) is 0 Å². The molecule has 0 atom stereocenters. The van der Waals surface area contributed by atoms with Crippen LogP contribution in [0.15, 0.2) is 36.4 Å². The molecule has 0 aromatic heterocycles. The first-order valence-electron chi connectivity index (χ1n) is 8.23. The summed E-state index contributed by atoms with van der Waals surface area (Å²) in [5.41, 5.74) is -0.267. The third kappa shape index (κ3) is 4.18. The van der Waals surface area contributed by atoms with Gasteiger partial charge in [0.2, 0.25) is 0 Å².